The first-order valence-corrected chi connectivity index (χ1v) is 35.5. The molecule has 12 rings (SSSR count). The Labute approximate surface area is 591 Å². The van der Waals surface area contributed by atoms with Crippen molar-refractivity contribution >= 4 is 90.8 Å². The third kappa shape index (κ3) is 19.7. The third-order valence-corrected chi connectivity index (χ3v) is 19.5. The highest BCUT2D eigenvalue weighted by atomic mass is 32.1. The van der Waals surface area contributed by atoms with Crippen LogP contribution in [0.4, 0.5) is 18.4 Å². The van der Waals surface area contributed by atoms with Crippen LogP contribution in [-0.4, -0.2) is 144 Å². The maximum atomic E-state index is 14.3. The molecule has 540 valence electrons. The van der Waals surface area contributed by atoms with Gasteiger partial charge in [-0.25, -0.2) is 33.1 Å². The number of para-hydroxylation sites is 2. The number of aromatic nitrogens is 2. The Morgan fingerprint density at radius 2 is 1.04 bits per heavy atom. The summed E-state index contributed by atoms with van der Waals surface area (Å²) >= 11 is 2.31. The normalized spacial score (nSPS) is 26.1. The van der Waals surface area contributed by atoms with Crippen molar-refractivity contribution in [3.05, 3.63) is 133 Å². The Bertz CT molecular complexity index is 4020. The number of nitrogens with two attached hydrogens (primary N) is 1. The van der Waals surface area contributed by atoms with Crippen molar-refractivity contribution in [1.82, 2.24) is 46.5 Å². The lowest BCUT2D eigenvalue weighted by Gasteiger charge is -2.30. The van der Waals surface area contributed by atoms with Crippen molar-refractivity contribution in [3.8, 4) is 21.9 Å². The van der Waals surface area contributed by atoms with Gasteiger partial charge >= 0.3 is 18.2 Å². The number of carboxylic acid groups (broad SMARTS) is 1. The van der Waals surface area contributed by atoms with Gasteiger partial charge in [0.15, 0.2) is 5.75 Å². The zero-order valence-corrected chi connectivity index (χ0v) is 58.7. The maximum absolute atomic E-state index is 14.3. The van der Waals surface area contributed by atoms with Crippen LogP contribution in [-0.2, 0) is 38.2 Å². The minimum atomic E-state index is -1.44. The minimum absolute atomic E-state index is 0.0110. The van der Waals surface area contributed by atoms with Crippen molar-refractivity contribution < 1.29 is 80.9 Å². The average molecular weight is 1430 g/mol. The lowest BCUT2D eigenvalue weighted by molar-refractivity contribution is -0.145. The number of carbonyl (C=O) groups excluding carboxylic acids is 7. The minimum Gasteiger partial charge on any atom is -0.479 e. The van der Waals surface area contributed by atoms with Gasteiger partial charge in [-0.1, -0.05) is 109 Å². The van der Waals surface area contributed by atoms with Gasteiger partial charge in [0, 0.05) is 24.7 Å². The molecule has 10 atom stereocenters. The van der Waals surface area contributed by atoms with E-state index >= 15 is 0 Å². The predicted octanol–water partition coefficient (Wildman–Crippen LogP) is 10.3. The van der Waals surface area contributed by atoms with Crippen LogP contribution in [0, 0.1) is 23.5 Å². The SMILES string of the molecule is CC(C)(C)OC(=O)N[C@H]1CCCCC/C=C\[C@@H]2C[C@@]2(C(=O)NOc2ccccc2)NC(=O)[C@@H]2C[C@@H](Oc3nc4ccc(F)cc4s3)CN2C1=O.CC(C)(C)OC(=O)N[C@H]1CCCCC/C=C\[C@@H]2C[C@@]2(C(=O)O)NC(=O)[C@@H]2C[C@@H](Oc3nc4ccc(F)cc4s3)CN2C1=O.NOc1ccccc1. The van der Waals surface area contributed by atoms with Crippen molar-refractivity contribution in [2.24, 2.45) is 17.7 Å². The van der Waals surface area contributed by atoms with E-state index in [0.29, 0.717) is 64.0 Å². The number of rotatable bonds is 11. The van der Waals surface area contributed by atoms with Crippen LogP contribution < -0.4 is 51.8 Å². The Kier molecular flexibility index (Phi) is 23.8. The lowest BCUT2D eigenvalue weighted by Crippen LogP contribution is -2.58. The number of halogens is 2. The highest BCUT2D eigenvalue weighted by molar-refractivity contribution is 7.20. The fraction of sp³-hybridized carbons (Fsp3) is 0.472. The molecule has 0 unspecified atom stereocenters. The van der Waals surface area contributed by atoms with E-state index in [-0.39, 0.29) is 54.6 Å². The summed E-state index contributed by atoms with van der Waals surface area (Å²) in [7, 11) is 0. The standard InChI is InChI=1S/C36H42FN5O7S.C30H37FN4O7S.C6H7NO/c1-35(2,3)48-33(46)38-27-15-11-6-4-5-8-12-22-20-36(22,32(45)41-49-24-13-9-7-10-14-24)40-30(43)28-19-25(21-42(28)31(27)44)47-34-39-26-17-16-23(37)18-29(26)50-34;1-29(2,3)42-27(40)32-21-10-8-6-4-5-7-9-17-15-30(17,26(38)39)34-24(36)22-14-19(16-35(22)25(21)37)41-28-33-20-12-11-18(31)13-23(20)43-28;7-8-6-4-2-1-3-5-6/h7-10,12-14,16-18,22,25,27-28H,4-6,11,15,19-21H2,1-3H3,(H,38,46)(H,40,43)(H,41,45);7,9,11-13,17,19,21-22H,4-6,8,10,14-16H2,1-3H3,(H,32,40)(H,34,36)(H,38,39);1-5H,7H2/b12-8-;9-7-;/t22-,25-,27+,28+,36-;17-,19-,21+,22+,30-;/m11./s1. The molecule has 6 aliphatic rings. The summed E-state index contributed by atoms with van der Waals surface area (Å²) in [4.78, 5) is 129. The number of carboxylic acids is 1. The molecule has 6 aromatic rings. The Balaban J connectivity index is 0.000000197. The van der Waals surface area contributed by atoms with Crippen LogP contribution in [0.25, 0.3) is 20.4 Å². The molecular weight excluding hydrogens is 1350 g/mol. The lowest BCUT2D eigenvalue weighted by atomic mass is 10.0. The average Bonchev–Trinajstić information content (AvgIpc) is 1.75. The number of aliphatic carboxylic acids is 1. The molecule has 6 heterocycles. The molecule has 29 heteroatoms. The van der Waals surface area contributed by atoms with Crippen molar-refractivity contribution in [3.63, 3.8) is 0 Å². The smallest absolute Gasteiger partial charge is 0.408 e. The first-order chi connectivity index (χ1) is 48.2. The summed E-state index contributed by atoms with van der Waals surface area (Å²) < 4.78 is 52.0. The zero-order chi connectivity index (χ0) is 72.2. The van der Waals surface area contributed by atoms with Gasteiger partial charge in [-0.05, 0) is 154 Å². The first-order valence-electron chi connectivity index (χ1n) is 33.9. The molecule has 25 nitrogen and oxygen atoms in total. The second-order valence-electron chi connectivity index (χ2n) is 27.8. The molecule has 101 heavy (non-hydrogen) atoms. The number of allylic oxidation sites excluding steroid dienone is 2. The number of hydrogen-bond donors (Lipinski definition) is 7. The van der Waals surface area contributed by atoms with E-state index in [1.807, 2.05) is 48.6 Å². The third-order valence-electron chi connectivity index (χ3n) is 17.7. The number of alkyl carbamates (subject to hydrolysis) is 2. The van der Waals surface area contributed by atoms with Gasteiger partial charge in [-0.3, -0.25) is 24.0 Å². The molecule has 0 radical (unpaired) electrons. The summed E-state index contributed by atoms with van der Waals surface area (Å²) in [5.41, 5.74) is -0.667. The number of thiazole rings is 2. The van der Waals surface area contributed by atoms with Crippen LogP contribution in [0.5, 0.6) is 21.9 Å². The number of amides is 7. The number of ether oxygens (including phenoxy) is 4. The van der Waals surface area contributed by atoms with E-state index in [2.05, 4.69) is 41.6 Å². The van der Waals surface area contributed by atoms with Crippen LogP contribution in [0.1, 0.15) is 131 Å². The molecule has 8 N–H and O–H groups in total. The summed E-state index contributed by atoms with van der Waals surface area (Å²) in [6.07, 6.45) is 12.5. The van der Waals surface area contributed by atoms with E-state index in [1.54, 1.807) is 90.1 Å². The molecule has 0 spiro atoms. The molecule has 2 aliphatic carbocycles. The first kappa shape index (κ1) is 74.2. The van der Waals surface area contributed by atoms with Crippen LogP contribution >= 0.6 is 22.7 Å². The summed E-state index contributed by atoms with van der Waals surface area (Å²) in [5, 5.41) is 21.7. The number of hydroxylamine groups is 1. The Hall–Kier alpha value is -9.48. The second-order valence-corrected chi connectivity index (χ2v) is 29.8. The van der Waals surface area contributed by atoms with E-state index in [4.69, 9.17) is 29.7 Å². The molecule has 4 fully saturated rings. The molecular formula is C72H86F2N10O15S2. The molecule has 4 aromatic carbocycles. The topological polar surface area (TPSA) is 331 Å². The predicted molar refractivity (Wildman–Crippen MR) is 371 cm³/mol. The Morgan fingerprint density at radius 1 is 0.604 bits per heavy atom. The van der Waals surface area contributed by atoms with Crippen molar-refractivity contribution in [2.45, 2.75) is 190 Å². The number of benzene rings is 4. The number of fused-ring (bicyclic) bond motifs is 6. The van der Waals surface area contributed by atoms with Gasteiger partial charge in [0.05, 0.1) is 33.5 Å². The van der Waals surface area contributed by atoms with Gasteiger partial charge in [0.25, 0.3) is 16.3 Å². The number of hydrogen-bond acceptors (Lipinski definition) is 19. The van der Waals surface area contributed by atoms with Gasteiger partial charge in [-0.15, -0.1) is 0 Å². The fourth-order valence-electron chi connectivity index (χ4n) is 12.5. The molecule has 2 saturated heterocycles. The van der Waals surface area contributed by atoms with Gasteiger partial charge in [0.2, 0.25) is 23.6 Å². The van der Waals surface area contributed by atoms with E-state index < -0.39 is 118 Å². The largest absolute Gasteiger partial charge is 0.479 e. The maximum Gasteiger partial charge on any atom is 0.408 e. The van der Waals surface area contributed by atoms with Gasteiger partial charge < -0.3 is 64.8 Å². The molecule has 2 aromatic heterocycles. The quantitative estimate of drug-likeness (QED) is 0.0468. The van der Waals surface area contributed by atoms with Crippen LogP contribution in [0.3, 0.4) is 0 Å². The summed E-state index contributed by atoms with van der Waals surface area (Å²) in [6, 6.07) is 22.4. The fourth-order valence-corrected chi connectivity index (χ4v) is 14.3. The molecule has 4 aliphatic heterocycles. The van der Waals surface area contributed by atoms with Gasteiger partial charge in [0.1, 0.15) is 76.0 Å². The molecule has 2 saturated carbocycles. The number of carbonyl (C=O) groups is 8. The van der Waals surface area contributed by atoms with Gasteiger partial charge in [-0.2, -0.15) is 11.4 Å². The summed E-state index contributed by atoms with van der Waals surface area (Å²) in [6.45, 7) is 10.4. The van der Waals surface area contributed by atoms with E-state index in [0.717, 1.165) is 61.2 Å². The van der Waals surface area contributed by atoms with Crippen LogP contribution in [0.15, 0.2) is 121 Å². The van der Waals surface area contributed by atoms with Crippen LogP contribution in [0.2, 0.25) is 0 Å². The highest BCUT2D eigenvalue weighted by Gasteiger charge is 2.63. The number of nitrogens with one attached hydrogen (secondary N) is 5. The Morgan fingerprint density at radius 3 is 1.48 bits per heavy atom. The summed E-state index contributed by atoms with van der Waals surface area (Å²) in [5.74, 6) is 0.831. The second kappa shape index (κ2) is 32.4. The van der Waals surface area contributed by atoms with E-state index in [9.17, 15) is 52.2 Å². The van der Waals surface area contributed by atoms with Crippen molar-refractivity contribution in [2.75, 3.05) is 13.1 Å². The van der Waals surface area contributed by atoms with E-state index in [1.165, 1.54) is 34.1 Å². The highest BCUT2D eigenvalue weighted by Crippen LogP contribution is 2.47. The molecule has 7 amide bonds. The number of nitrogens with zero attached hydrogens (tertiary/aromatic N) is 4. The molecule has 0 bridgehead atoms. The monoisotopic (exact) mass is 1430 g/mol. The zero-order valence-electron chi connectivity index (χ0n) is 57.1. The van der Waals surface area contributed by atoms with Crippen molar-refractivity contribution in [1.29, 1.82) is 0 Å².